The number of carboxylic acid groups (broad SMARTS) is 3. The van der Waals surface area contributed by atoms with Gasteiger partial charge in [-0.15, -0.1) is 33.5 Å². The van der Waals surface area contributed by atoms with E-state index in [9.17, 15) is 34.5 Å². The number of rotatable bonds is 9. The molecular weight excluding hydrogens is 709 g/mol. The minimum atomic E-state index is -1.57. The van der Waals surface area contributed by atoms with Gasteiger partial charge in [-0.25, -0.2) is 0 Å². The van der Waals surface area contributed by atoms with Crippen LogP contribution in [0.4, 0.5) is 0 Å². The molecule has 0 aliphatic carbocycles. The Hall–Kier alpha value is -1.67. The molecule has 0 fully saturated rings. The summed E-state index contributed by atoms with van der Waals surface area (Å²) >= 11 is 0. The summed E-state index contributed by atoms with van der Waals surface area (Å²) in [4.78, 5) is 62.7. The van der Waals surface area contributed by atoms with Gasteiger partial charge in [0.25, 0.3) is 0 Å². The number of aromatic nitrogens is 2. The Morgan fingerprint density at radius 3 is 2.20 bits per heavy atom. The number of aliphatic imine (C=N–C) groups is 1. The van der Waals surface area contributed by atoms with Crippen LogP contribution in [0.1, 0.15) is 78.0 Å². The Balaban J connectivity index is 0.00000300. The molecule has 0 saturated carbocycles. The van der Waals surface area contributed by atoms with E-state index in [0.29, 0.717) is 40.5 Å². The van der Waals surface area contributed by atoms with E-state index in [1.54, 1.807) is 24.3 Å². The number of fused-ring (bicyclic) bond motifs is 7. The number of hydrogen-bond donors (Lipinski definition) is 0. The van der Waals surface area contributed by atoms with Gasteiger partial charge in [0.15, 0.2) is 0 Å². The Morgan fingerprint density at radius 2 is 1.65 bits per heavy atom. The van der Waals surface area contributed by atoms with E-state index >= 15 is 0 Å². The van der Waals surface area contributed by atoms with E-state index in [1.165, 1.54) is 6.92 Å². The molecule has 0 aromatic carbocycles. The van der Waals surface area contributed by atoms with Gasteiger partial charge in [0.05, 0.1) is 5.97 Å². The van der Waals surface area contributed by atoms with Crippen molar-refractivity contribution in [1.82, 2.24) is 9.97 Å². The molecule has 3 unspecified atom stereocenters. The topological polar surface area (TPSA) is 192 Å². The summed E-state index contributed by atoms with van der Waals surface area (Å²) in [6.45, 7) is 11.0. The Labute approximate surface area is 361 Å². The molecule has 0 N–H and O–H groups in total. The van der Waals surface area contributed by atoms with Crippen LogP contribution in [0.5, 0.6) is 0 Å². The summed E-state index contributed by atoms with van der Waals surface area (Å²) < 4.78 is 0. The van der Waals surface area contributed by atoms with Crippen molar-refractivity contribution in [2.75, 3.05) is 0 Å². The average Bonchev–Trinajstić information content (AvgIpc) is 3.67. The zero-order chi connectivity index (χ0) is 32.7. The number of allylic oxidation sites excluding steroid dienone is 3. The minimum absolute atomic E-state index is 0. The van der Waals surface area contributed by atoms with Gasteiger partial charge in [-0.3, -0.25) is 4.99 Å². The quantitative estimate of drug-likeness (QED) is 0.178. The number of nitrogens with zero attached hydrogens (tertiary/aromatic N) is 4. The monoisotopic (exact) mass is 738 g/mol. The fourth-order valence-electron chi connectivity index (χ4n) is 6.44. The zero-order valence-electron chi connectivity index (χ0n) is 28.6. The smallest absolute Gasteiger partial charge is 0.661 e. The minimum Gasteiger partial charge on any atom is -0.661 e. The van der Waals surface area contributed by atoms with Crippen molar-refractivity contribution in [3.8, 4) is 0 Å². The van der Waals surface area contributed by atoms with Gasteiger partial charge in [0, 0.05) is 47.5 Å². The zero-order valence-corrected chi connectivity index (χ0v) is 35.5. The number of aldehydes is 1. The number of aromatic carboxylic acids is 1. The predicted octanol–water partition coefficient (Wildman–Crippen LogP) is -9.20. The summed E-state index contributed by atoms with van der Waals surface area (Å²) in [7, 11) is 0. The molecule has 8 bridgehead atoms. The number of carbonyl (C=O) groups is 4. The van der Waals surface area contributed by atoms with Crippen molar-refractivity contribution in [1.29, 1.82) is 0 Å². The molecule has 15 heteroatoms. The number of carboxylic acids is 3. The number of carbonyl (C=O) groups excluding carboxylic acids is 4. The van der Waals surface area contributed by atoms with Crippen molar-refractivity contribution in [3.05, 3.63) is 78.9 Å². The summed E-state index contributed by atoms with van der Waals surface area (Å²) in [6.07, 6.45) is 6.96. The van der Waals surface area contributed by atoms with Crippen LogP contribution in [0, 0.1) is 31.6 Å². The van der Waals surface area contributed by atoms with Crippen molar-refractivity contribution in [2.45, 2.75) is 53.4 Å². The maximum Gasteiger partial charge on any atom is 2.00 e. The molecule has 5 rings (SSSR count). The Kier molecular flexibility index (Phi) is 17.3. The van der Waals surface area contributed by atoms with Crippen molar-refractivity contribution in [2.24, 2.45) is 22.7 Å². The van der Waals surface area contributed by atoms with Gasteiger partial charge >= 0.3 is 106 Å². The first-order valence-electron chi connectivity index (χ1n) is 14.6. The van der Waals surface area contributed by atoms with E-state index in [0.717, 1.165) is 17.4 Å². The first-order chi connectivity index (χ1) is 21.4. The van der Waals surface area contributed by atoms with E-state index < -0.39 is 42.1 Å². The molecule has 2 aromatic rings. The molecule has 0 spiro atoms. The van der Waals surface area contributed by atoms with Crippen LogP contribution in [0.2, 0.25) is 0 Å². The third kappa shape index (κ3) is 8.87. The first kappa shape index (κ1) is 45.4. The van der Waals surface area contributed by atoms with E-state index in [2.05, 4.69) is 11.6 Å². The van der Waals surface area contributed by atoms with Crippen LogP contribution >= 0.6 is 0 Å². The van der Waals surface area contributed by atoms with E-state index in [4.69, 9.17) is 15.3 Å². The van der Waals surface area contributed by atoms with E-state index in [1.807, 2.05) is 20.8 Å². The van der Waals surface area contributed by atoms with Crippen LogP contribution in [0.25, 0.3) is 35.2 Å². The van der Waals surface area contributed by atoms with Crippen molar-refractivity contribution in [3.63, 3.8) is 0 Å². The fraction of sp³-hybridized carbons (Fsp3) is 0.324. The molecule has 243 valence electrons. The van der Waals surface area contributed by atoms with Gasteiger partial charge in [0.1, 0.15) is 6.29 Å². The molecule has 0 amide bonds. The normalized spacial score (nSPS) is 18.9. The second-order valence-electron chi connectivity index (χ2n) is 11.4. The Bertz CT molecular complexity index is 1940. The fourth-order valence-corrected chi connectivity index (χ4v) is 6.44. The van der Waals surface area contributed by atoms with Gasteiger partial charge in [0.2, 0.25) is 0 Å². The molecule has 1 radical (unpaired) electrons. The molecule has 2 aromatic heterocycles. The van der Waals surface area contributed by atoms with Gasteiger partial charge in [-0.05, 0) is 49.8 Å². The Morgan fingerprint density at radius 1 is 0.980 bits per heavy atom. The van der Waals surface area contributed by atoms with Gasteiger partial charge < -0.3 is 49.8 Å². The van der Waals surface area contributed by atoms with Gasteiger partial charge in [-0.2, -0.15) is 0 Å². The molecule has 11 nitrogen and oxygen atoms in total. The standard InChI is InChI=1S/C34H34N4O7.Cu.3Na/c1-6-18-15(3)23-11-24-16(4)20(8-9-29(40)41)32(37-24)21(10-30(42)43)33-31(34(44)45)17(5)25(38-33)12-27-19(7-2)22(14-39)28(36-27)13-26(18)35-23;;;;/h6,11-14,16,20,22H,1,7-10H2,2-5H3,(H4,37,38,40,41,42,43,44,45);;;;/q-2;+2;3*+1/p-4. The summed E-state index contributed by atoms with van der Waals surface area (Å²) in [5.74, 6) is -6.05. The average molecular weight is 739 g/mol. The maximum absolute atomic E-state index is 12.5. The summed E-state index contributed by atoms with van der Waals surface area (Å²) in [6, 6.07) is 0. The second-order valence-corrected chi connectivity index (χ2v) is 11.4. The molecular formula is C34H30CuN4Na3O7-. The van der Waals surface area contributed by atoms with Crippen LogP contribution in [-0.4, -0.2) is 29.9 Å². The van der Waals surface area contributed by atoms with Crippen LogP contribution in [-0.2, 0) is 31.5 Å². The molecule has 3 aliphatic heterocycles. The molecule has 3 atom stereocenters. The maximum atomic E-state index is 12.5. The van der Waals surface area contributed by atoms with Crippen LogP contribution < -0.4 is 125 Å². The van der Waals surface area contributed by atoms with Crippen LogP contribution in [0.15, 0.2) is 34.2 Å². The van der Waals surface area contributed by atoms with E-state index in [-0.39, 0.29) is 152 Å². The molecule has 0 saturated heterocycles. The van der Waals surface area contributed by atoms with Crippen molar-refractivity contribution < 1.29 is 140 Å². The summed E-state index contributed by atoms with van der Waals surface area (Å²) in [5, 5.41) is 40.9. The van der Waals surface area contributed by atoms with Crippen molar-refractivity contribution >= 4 is 59.8 Å². The third-order valence-corrected chi connectivity index (χ3v) is 8.82. The predicted molar refractivity (Wildman–Crippen MR) is 161 cm³/mol. The number of hydrogen-bond acceptors (Lipinski definition) is 8. The number of aliphatic carboxylic acids is 2. The largest absolute Gasteiger partial charge is 2.00 e. The molecule has 3 aliphatic rings. The second kappa shape index (κ2) is 18.7. The van der Waals surface area contributed by atoms with Gasteiger partial charge in [-0.1, -0.05) is 61.4 Å². The molecule has 5 heterocycles. The van der Waals surface area contributed by atoms with Crippen LogP contribution in [0.3, 0.4) is 0 Å². The third-order valence-electron chi connectivity index (χ3n) is 8.82. The first-order valence-corrected chi connectivity index (χ1v) is 14.6. The summed E-state index contributed by atoms with van der Waals surface area (Å²) in [5.41, 5.74) is 4.75. The molecule has 49 heavy (non-hydrogen) atoms. The SMILES string of the molecule is C=Cc1c2[n-]c(c1C)C=C1N=C(C(CC(=O)[O-])=c3[n-]c(c(C)c3C(=O)[O-])=CC3=C(CC)C(C=O)C(=C2)[N-]3)C(CCC(=O)[O-])C1C.[Cu+2].[Na+].[Na+].[Na+].